The van der Waals surface area contributed by atoms with E-state index in [1.807, 2.05) is 23.1 Å². The normalized spacial score (nSPS) is 20.0. The van der Waals surface area contributed by atoms with Gasteiger partial charge in [0.1, 0.15) is 11.5 Å². The van der Waals surface area contributed by atoms with Crippen LogP contribution in [0.2, 0.25) is 0 Å². The summed E-state index contributed by atoms with van der Waals surface area (Å²) in [6.45, 7) is 8.74. The highest BCUT2D eigenvalue weighted by atomic mass is 16.5. The van der Waals surface area contributed by atoms with Crippen molar-refractivity contribution in [2.24, 2.45) is 4.99 Å². The Labute approximate surface area is 185 Å². The van der Waals surface area contributed by atoms with Gasteiger partial charge in [-0.1, -0.05) is 0 Å². The SMILES string of the molecule is CN=C(NCCN1CCN(C(C)=O)CC1)NC1CCN(c2cc(OC)cc(OC)c2)C1. The van der Waals surface area contributed by atoms with Crippen LogP contribution < -0.4 is 25.0 Å². The molecule has 9 nitrogen and oxygen atoms in total. The average Bonchev–Trinajstić information content (AvgIpc) is 3.27. The molecule has 2 fully saturated rings. The number of rotatable bonds is 7. The Morgan fingerprint density at radius 3 is 2.35 bits per heavy atom. The van der Waals surface area contributed by atoms with Gasteiger partial charge < -0.3 is 29.9 Å². The summed E-state index contributed by atoms with van der Waals surface area (Å²) in [6, 6.07) is 6.30. The van der Waals surface area contributed by atoms with Gasteiger partial charge in [0.05, 0.1) is 14.2 Å². The summed E-state index contributed by atoms with van der Waals surface area (Å²) in [6.07, 6.45) is 1.03. The van der Waals surface area contributed by atoms with Crippen LogP contribution in [-0.2, 0) is 4.79 Å². The fourth-order valence-corrected chi connectivity index (χ4v) is 4.09. The number of ether oxygens (including phenoxy) is 2. The molecule has 2 aliphatic rings. The van der Waals surface area contributed by atoms with E-state index in [1.165, 1.54) is 0 Å². The zero-order valence-corrected chi connectivity index (χ0v) is 19.2. The number of piperazine rings is 1. The van der Waals surface area contributed by atoms with Gasteiger partial charge in [-0.15, -0.1) is 0 Å². The lowest BCUT2D eigenvalue weighted by Gasteiger charge is -2.34. The molecule has 0 aliphatic carbocycles. The van der Waals surface area contributed by atoms with Gasteiger partial charge in [0.25, 0.3) is 0 Å². The highest BCUT2D eigenvalue weighted by molar-refractivity contribution is 5.80. The van der Waals surface area contributed by atoms with Crippen LogP contribution in [0.3, 0.4) is 0 Å². The van der Waals surface area contributed by atoms with E-state index in [2.05, 4.69) is 25.4 Å². The number of carbonyl (C=O) groups excluding carboxylic acids is 1. The number of hydrogen-bond acceptors (Lipinski definition) is 6. The molecule has 2 aliphatic heterocycles. The molecular weight excluding hydrogens is 396 g/mol. The molecular formula is C22H36N6O3. The van der Waals surface area contributed by atoms with E-state index in [0.717, 1.165) is 81.9 Å². The van der Waals surface area contributed by atoms with E-state index < -0.39 is 0 Å². The Balaban J connectivity index is 1.43. The van der Waals surface area contributed by atoms with Crippen molar-refractivity contribution in [3.8, 4) is 11.5 Å². The first-order chi connectivity index (χ1) is 15.0. The Hall–Kier alpha value is -2.68. The summed E-state index contributed by atoms with van der Waals surface area (Å²) in [7, 11) is 5.15. The molecule has 1 aromatic rings. The van der Waals surface area contributed by atoms with Crippen LogP contribution in [0.4, 0.5) is 5.69 Å². The molecule has 0 aromatic heterocycles. The van der Waals surface area contributed by atoms with Crippen molar-refractivity contribution in [2.75, 3.05) is 78.5 Å². The zero-order valence-electron chi connectivity index (χ0n) is 19.2. The smallest absolute Gasteiger partial charge is 0.219 e. The van der Waals surface area contributed by atoms with Crippen LogP contribution in [0.5, 0.6) is 11.5 Å². The second kappa shape index (κ2) is 11.1. The minimum absolute atomic E-state index is 0.167. The second-order valence-electron chi connectivity index (χ2n) is 7.99. The fourth-order valence-electron chi connectivity index (χ4n) is 4.09. The molecule has 1 atom stereocenters. The Kier molecular flexibility index (Phi) is 8.22. The van der Waals surface area contributed by atoms with E-state index in [1.54, 1.807) is 28.2 Å². The first-order valence-electron chi connectivity index (χ1n) is 11.0. The zero-order chi connectivity index (χ0) is 22.2. The van der Waals surface area contributed by atoms with Gasteiger partial charge in [-0.2, -0.15) is 0 Å². The molecule has 2 saturated heterocycles. The maximum absolute atomic E-state index is 11.4. The predicted molar refractivity (Wildman–Crippen MR) is 123 cm³/mol. The van der Waals surface area contributed by atoms with Crippen LogP contribution in [0.25, 0.3) is 0 Å². The third-order valence-electron chi connectivity index (χ3n) is 5.99. The summed E-state index contributed by atoms with van der Waals surface area (Å²) in [5, 5.41) is 6.97. The fraction of sp³-hybridized carbons (Fsp3) is 0.636. The van der Waals surface area contributed by atoms with Crippen molar-refractivity contribution in [1.82, 2.24) is 20.4 Å². The lowest BCUT2D eigenvalue weighted by Crippen LogP contribution is -2.51. The van der Waals surface area contributed by atoms with Crippen LogP contribution in [0, 0.1) is 0 Å². The Morgan fingerprint density at radius 1 is 1.10 bits per heavy atom. The molecule has 1 aromatic carbocycles. The summed E-state index contributed by atoms with van der Waals surface area (Å²) >= 11 is 0. The van der Waals surface area contributed by atoms with Gasteiger partial charge in [0.2, 0.25) is 5.91 Å². The molecule has 0 spiro atoms. The van der Waals surface area contributed by atoms with Gasteiger partial charge in [0.15, 0.2) is 5.96 Å². The monoisotopic (exact) mass is 432 g/mol. The molecule has 1 amide bonds. The third-order valence-corrected chi connectivity index (χ3v) is 5.99. The number of methoxy groups -OCH3 is 2. The molecule has 0 bridgehead atoms. The number of amides is 1. The van der Waals surface area contributed by atoms with E-state index in [4.69, 9.17) is 9.47 Å². The topological polar surface area (TPSA) is 81.7 Å². The number of carbonyl (C=O) groups is 1. The summed E-state index contributed by atoms with van der Waals surface area (Å²) < 4.78 is 10.8. The van der Waals surface area contributed by atoms with E-state index in [0.29, 0.717) is 6.04 Å². The molecule has 2 heterocycles. The van der Waals surface area contributed by atoms with Crippen molar-refractivity contribution in [2.45, 2.75) is 19.4 Å². The van der Waals surface area contributed by atoms with Crippen molar-refractivity contribution in [3.63, 3.8) is 0 Å². The first kappa shape index (κ1) is 23.0. The highest BCUT2D eigenvalue weighted by Gasteiger charge is 2.24. The van der Waals surface area contributed by atoms with Crippen molar-refractivity contribution >= 4 is 17.6 Å². The molecule has 3 rings (SSSR count). The number of nitrogens with zero attached hydrogens (tertiary/aromatic N) is 4. The third kappa shape index (κ3) is 6.40. The van der Waals surface area contributed by atoms with Crippen molar-refractivity contribution in [3.05, 3.63) is 18.2 Å². The maximum atomic E-state index is 11.4. The van der Waals surface area contributed by atoms with Gasteiger partial charge in [-0.3, -0.25) is 14.7 Å². The van der Waals surface area contributed by atoms with E-state index in [-0.39, 0.29) is 5.91 Å². The molecule has 31 heavy (non-hydrogen) atoms. The van der Waals surface area contributed by atoms with Crippen LogP contribution in [-0.4, -0.2) is 101 Å². The highest BCUT2D eigenvalue weighted by Crippen LogP contribution is 2.30. The predicted octanol–water partition coefficient (Wildman–Crippen LogP) is 0.612. The summed E-state index contributed by atoms with van der Waals surface area (Å²) in [5.41, 5.74) is 1.10. The molecule has 0 radical (unpaired) electrons. The number of guanidine groups is 1. The maximum Gasteiger partial charge on any atom is 0.219 e. The lowest BCUT2D eigenvalue weighted by molar-refractivity contribution is -0.130. The van der Waals surface area contributed by atoms with Crippen LogP contribution in [0.1, 0.15) is 13.3 Å². The second-order valence-corrected chi connectivity index (χ2v) is 7.99. The number of nitrogens with one attached hydrogen (secondary N) is 2. The van der Waals surface area contributed by atoms with E-state index in [9.17, 15) is 4.79 Å². The molecule has 1 unspecified atom stereocenters. The summed E-state index contributed by atoms with van der Waals surface area (Å²) in [4.78, 5) is 22.5. The lowest BCUT2D eigenvalue weighted by atomic mass is 10.2. The molecule has 2 N–H and O–H groups in total. The minimum atomic E-state index is 0.167. The van der Waals surface area contributed by atoms with Crippen molar-refractivity contribution in [1.29, 1.82) is 0 Å². The minimum Gasteiger partial charge on any atom is -0.497 e. The standard InChI is InChI=1S/C22H36N6O3/c1-17(29)27-11-9-26(10-12-27)8-6-24-22(23-2)25-18-5-7-28(16-18)19-13-20(30-3)15-21(14-19)31-4/h13-15,18H,5-12,16H2,1-4H3,(H2,23,24,25). The van der Waals surface area contributed by atoms with Crippen LogP contribution in [0.15, 0.2) is 23.2 Å². The first-order valence-corrected chi connectivity index (χ1v) is 11.0. The Bertz CT molecular complexity index is 741. The van der Waals surface area contributed by atoms with Gasteiger partial charge in [-0.25, -0.2) is 0 Å². The Morgan fingerprint density at radius 2 is 1.77 bits per heavy atom. The average molecular weight is 433 g/mol. The van der Waals surface area contributed by atoms with Gasteiger partial charge >= 0.3 is 0 Å². The number of hydrogen-bond donors (Lipinski definition) is 2. The summed E-state index contributed by atoms with van der Waals surface area (Å²) in [5.74, 6) is 2.59. The van der Waals surface area contributed by atoms with Crippen LogP contribution >= 0.6 is 0 Å². The van der Waals surface area contributed by atoms with E-state index >= 15 is 0 Å². The van der Waals surface area contributed by atoms with Crippen molar-refractivity contribution < 1.29 is 14.3 Å². The van der Waals surface area contributed by atoms with Gasteiger partial charge in [0, 0.05) is 96.3 Å². The quantitative estimate of drug-likeness (QED) is 0.483. The molecule has 0 saturated carbocycles. The largest absolute Gasteiger partial charge is 0.497 e. The number of aliphatic imine (C=N–C) groups is 1. The van der Waals surface area contributed by atoms with Gasteiger partial charge in [-0.05, 0) is 6.42 Å². The molecule has 9 heteroatoms. The molecule has 172 valence electrons. The number of anilines is 1. The number of benzene rings is 1.